The van der Waals surface area contributed by atoms with Crippen LogP contribution in [0.1, 0.15) is 12.0 Å². The van der Waals surface area contributed by atoms with E-state index >= 15 is 0 Å². The number of carbonyl (C=O) groups excluding carboxylic acids is 1. The highest BCUT2D eigenvalue weighted by Crippen LogP contribution is 2.08. The van der Waals surface area contributed by atoms with Gasteiger partial charge in [0.25, 0.3) is 0 Å². The van der Waals surface area contributed by atoms with E-state index in [-0.39, 0.29) is 17.2 Å². The van der Waals surface area contributed by atoms with Gasteiger partial charge in [-0.3, -0.25) is 4.79 Å². The van der Waals surface area contributed by atoms with E-state index in [4.69, 9.17) is 14.6 Å². The van der Waals surface area contributed by atoms with Crippen LogP contribution in [0.4, 0.5) is 0 Å². The molecule has 0 saturated carbocycles. The third-order valence-corrected chi connectivity index (χ3v) is 3.58. The van der Waals surface area contributed by atoms with Gasteiger partial charge in [-0.25, -0.2) is 13.6 Å². The third kappa shape index (κ3) is 7.19. The zero-order valence-corrected chi connectivity index (χ0v) is 12.7. The standard InChI is InChI=1S/C13H20N2O5S/c1-19-8-9-20-7-6-13(16)15-10-11-2-4-12(5-3-11)21(14,17)18/h2-5H,6-10H2,1H3,(H,15,16)(H2,14,17,18). The first-order valence-corrected chi connectivity index (χ1v) is 7.93. The van der Waals surface area contributed by atoms with Crippen molar-refractivity contribution in [2.75, 3.05) is 26.9 Å². The molecule has 0 saturated heterocycles. The summed E-state index contributed by atoms with van der Waals surface area (Å²) >= 11 is 0. The molecule has 0 spiro atoms. The highest BCUT2D eigenvalue weighted by atomic mass is 32.2. The quantitative estimate of drug-likeness (QED) is 0.624. The van der Waals surface area contributed by atoms with Gasteiger partial charge in [-0.15, -0.1) is 0 Å². The van der Waals surface area contributed by atoms with Crippen LogP contribution >= 0.6 is 0 Å². The Hall–Kier alpha value is -1.48. The van der Waals surface area contributed by atoms with E-state index in [0.717, 1.165) is 5.56 Å². The Morgan fingerprint density at radius 1 is 1.19 bits per heavy atom. The summed E-state index contributed by atoms with van der Waals surface area (Å²) in [5, 5.41) is 7.72. The molecular formula is C13H20N2O5S. The highest BCUT2D eigenvalue weighted by molar-refractivity contribution is 7.89. The van der Waals surface area contributed by atoms with Crippen molar-refractivity contribution >= 4 is 15.9 Å². The molecule has 118 valence electrons. The molecule has 0 fully saturated rings. The maximum Gasteiger partial charge on any atom is 0.238 e. The van der Waals surface area contributed by atoms with Gasteiger partial charge < -0.3 is 14.8 Å². The SMILES string of the molecule is COCCOCCC(=O)NCc1ccc(S(N)(=O)=O)cc1. The number of benzene rings is 1. The summed E-state index contributed by atoms with van der Waals surface area (Å²) in [5.74, 6) is -0.136. The van der Waals surface area contributed by atoms with Crippen LogP contribution in [-0.2, 0) is 30.8 Å². The summed E-state index contributed by atoms with van der Waals surface area (Å²) in [7, 11) is -2.10. The Morgan fingerprint density at radius 3 is 2.43 bits per heavy atom. The van der Waals surface area contributed by atoms with Crippen molar-refractivity contribution in [2.24, 2.45) is 5.14 Å². The Bertz CT molecular complexity index is 542. The minimum atomic E-state index is -3.68. The van der Waals surface area contributed by atoms with Crippen LogP contribution < -0.4 is 10.5 Å². The zero-order valence-electron chi connectivity index (χ0n) is 11.9. The van der Waals surface area contributed by atoms with Gasteiger partial charge in [0, 0.05) is 20.1 Å². The number of amides is 1. The molecule has 0 unspecified atom stereocenters. The van der Waals surface area contributed by atoms with Gasteiger partial charge in [0.1, 0.15) is 0 Å². The monoisotopic (exact) mass is 316 g/mol. The molecule has 0 heterocycles. The smallest absolute Gasteiger partial charge is 0.238 e. The molecule has 21 heavy (non-hydrogen) atoms. The number of hydrogen-bond donors (Lipinski definition) is 2. The number of sulfonamides is 1. The lowest BCUT2D eigenvalue weighted by Gasteiger charge is -2.07. The third-order valence-electron chi connectivity index (χ3n) is 2.65. The molecule has 0 aliphatic carbocycles. The lowest BCUT2D eigenvalue weighted by atomic mass is 10.2. The number of ether oxygens (including phenoxy) is 2. The Labute approximate surface area is 124 Å². The first-order valence-electron chi connectivity index (χ1n) is 6.38. The van der Waals surface area contributed by atoms with Crippen molar-refractivity contribution in [3.05, 3.63) is 29.8 Å². The number of carbonyl (C=O) groups is 1. The van der Waals surface area contributed by atoms with Crippen LogP contribution in [0.25, 0.3) is 0 Å². The van der Waals surface area contributed by atoms with Crippen LogP contribution in [0.2, 0.25) is 0 Å². The number of methoxy groups -OCH3 is 1. The molecule has 3 N–H and O–H groups in total. The molecular weight excluding hydrogens is 296 g/mol. The first-order chi connectivity index (χ1) is 9.93. The van der Waals surface area contributed by atoms with Gasteiger partial charge in [0.15, 0.2) is 0 Å². The van der Waals surface area contributed by atoms with Crippen LogP contribution in [0.3, 0.4) is 0 Å². The summed E-state index contributed by atoms with van der Waals surface area (Å²) in [6.07, 6.45) is 0.263. The molecule has 1 rings (SSSR count). The van der Waals surface area contributed by atoms with Crippen molar-refractivity contribution in [2.45, 2.75) is 17.9 Å². The predicted molar refractivity (Wildman–Crippen MR) is 77.0 cm³/mol. The highest BCUT2D eigenvalue weighted by Gasteiger charge is 2.07. The Balaban J connectivity index is 2.30. The molecule has 0 aromatic heterocycles. The van der Waals surface area contributed by atoms with Gasteiger partial charge in [-0.1, -0.05) is 12.1 Å². The largest absolute Gasteiger partial charge is 0.382 e. The van der Waals surface area contributed by atoms with Crippen molar-refractivity contribution in [1.82, 2.24) is 5.32 Å². The molecule has 1 aromatic rings. The second kappa shape index (κ2) is 8.73. The number of hydrogen-bond acceptors (Lipinski definition) is 5. The van der Waals surface area contributed by atoms with Crippen LogP contribution in [-0.4, -0.2) is 41.3 Å². The summed E-state index contributed by atoms with van der Waals surface area (Å²) in [6.45, 7) is 1.61. The number of nitrogens with one attached hydrogen (secondary N) is 1. The topological polar surface area (TPSA) is 108 Å². The molecule has 0 aliphatic rings. The van der Waals surface area contributed by atoms with E-state index in [1.54, 1.807) is 19.2 Å². The van der Waals surface area contributed by atoms with Crippen molar-refractivity contribution in [3.63, 3.8) is 0 Å². The summed E-state index contributed by atoms with van der Waals surface area (Å²) in [4.78, 5) is 11.6. The fourth-order valence-corrected chi connectivity index (χ4v) is 2.01. The predicted octanol–water partition coefficient (Wildman–Crippen LogP) is 0.00330. The van der Waals surface area contributed by atoms with Gasteiger partial charge in [-0.05, 0) is 17.7 Å². The molecule has 0 radical (unpaired) electrons. The van der Waals surface area contributed by atoms with Crippen molar-refractivity contribution in [3.8, 4) is 0 Å². The number of primary sulfonamides is 1. The number of rotatable bonds is 9. The summed E-state index contributed by atoms with van der Waals surface area (Å²) in [5.41, 5.74) is 0.788. The van der Waals surface area contributed by atoms with Gasteiger partial charge in [0.2, 0.25) is 15.9 Å². The second-order valence-electron chi connectivity index (χ2n) is 4.32. The molecule has 8 heteroatoms. The van der Waals surface area contributed by atoms with Gasteiger partial charge in [0.05, 0.1) is 24.7 Å². The van der Waals surface area contributed by atoms with Crippen molar-refractivity contribution in [1.29, 1.82) is 0 Å². The second-order valence-corrected chi connectivity index (χ2v) is 5.88. The van der Waals surface area contributed by atoms with Crippen LogP contribution in [0.15, 0.2) is 29.2 Å². The van der Waals surface area contributed by atoms with E-state index < -0.39 is 10.0 Å². The van der Waals surface area contributed by atoms with E-state index in [1.165, 1.54) is 12.1 Å². The molecule has 7 nitrogen and oxygen atoms in total. The fourth-order valence-electron chi connectivity index (χ4n) is 1.50. The van der Waals surface area contributed by atoms with E-state index in [9.17, 15) is 13.2 Å². The van der Waals surface area contributed by atoms with Gasteiger partial charge >= 0.3 is 0 Å². The average Bonchev–Trinajstić information content (AvgIpc) is 2.44. The summed E-state index contributed by atoms with van der Waals surface area (Å²) in [6, 6.07) is 6.03. The van der Waals surface area contributed by atoms with E-state index in [0.29, 0.717) is 26.4 Å². The first kappa shape index (κ1) is 17.6. The lowest BCUT2D eigenvalue weighted by Crippen LogP contribution is -2.24. The molecule has 1 amide bonds. The van der Waals surface area contributed by atoms with Gasteiger partial charge in [-0.2, -0.15) is 0 Å². The molecule has 1 aromatic carbocycles. The van der Waals surface area contributed by atoms with E-state index in [2.05, 4.69) is 5.32 Å². The van der Waals surface area contributed by atoms with Crippen LogP contribution in [0, 0.1) is 0 Å². The van der Waals surface area contributed by atoms with Crippen molar-refractivity contribution < 1.29 is 22.7 Å². The molecule has 0 bridgehead atoms. The number of nitrogens with two attached hydrogens (primary N) is 1. The minimum absolute atomic E-state index is 0.0455. The van der Waals surface area contributed by atoms with E-state index in [1.807, 2.05) is 0 Å². The van der Waals surface area contributed by atoms with Crippen LogP contribution in [0.5, 0.6) is 0 Å². The Kier molecular flexibility index (Phi) is 7.30. The maximum atomic E-state index is 11.5. The lowest BCUT2D eigenvalue weighted by molar-refractivity contribution is -0.122. The molecule has 0 aliphatic heterocycles. The fraction of sp³-hybridized carbons (Fsp3) is 0.462. The Morgan fingerprint density at radius 2 is 1.86 bits per heavy atom. The maximum absolute atomic E-state index is 11.5. The zero-order chi connectivity index (χ0) is 15.7. The summed E-state index contributed by atoms with van der Waals surface area (Å²) < 4.78 is 32.2. The average molecular weight is 316 g/mol. The minimum Gasteiger partial charge on any atom is -0.382 e. The molecule has 0 atom stereocenters. The normalized spacial score (nSPS) is 11.3.